The fourth-order valence-corrected chi connectivity index (χ4v) is 3.56. The van der Waals surface area contributed by atoms with Crippen LogP contribution in [-0.2, 0) is 6.54 Å². The first-order chi connectivity index (χ1) is 12.4. The highest BCUT2D eigenvalue weighted by Gasteiger charge is 2.32. The minimum absolute atomic E-state index is 0.244. The molecule has 1 saturated heterocycles. The van der Waals surface area contributed by atoms with Gasteiger partial charge in [-0.2, -0.15) is 13.2 Å². The van der Waals surface area contributed by atoms with Crippen molar-refractivity contribution in [2.45, 2.75) is 18.6 Å². The van der Waals surface area contributed by atoms with Crippen LogP contribution in [0.2, 0.25) is 0 Å². The van der Waals surface area contributed by atoms with Crippen LogP contribution in [0, 0.1) is 5.92 Å². The van der Waals surface area contributed by atoms with Crippen LogP contribution in [0.4, 0.5) is 13.2 Å². The predicted octanol–water partition coefficient (Wildman–Crippen LogP) is 3.80. The largest absolute Gasteiger partial charge is 0.484 e. The van der Waals surface area contributed by atoms with E-state index in [0.717, 1.165) is 18.7 Å². The highest BCUT2D eigenvalue weighted by atomic mass is 19.4. The molecule has 6 heteroatoms. The molecule has 3 rings (SSSR count). The molecule has 0 saturated carbocycles. The average Bonchev–Trinajstić information content (AvgIpc) is 3.03. The number of nitrogens with two attached hydrogens (primary N) is 1. The lowest BCUT2D eigenvalue weighted by Gasteiger charge is -2.17. The molecule has 3 nitrogen and oxygen atoms in total. The van der Waals surface area contributed by atoms with Crippen molar-refractivity contribution in [3.63, 3.8) is 0 Å². The van der Waals surface area contributed by atoms with Gasteiger partial charge in [0.15, 0.2) is 6.61 Å². The van der Waals surface area contributed by atoms with E-state index in [4.69, 9.17) is 10.5 Å². The Hall–Kier alpha value is -2.05. The maximum Gasteiger partial charge on any atom is 0.422 e. The first-order valence-corrected chi connectivity index (χ1v) is 8.70. The van der Waals surface area contributed by atoms with Gasteiger partial charge in [0.2, 0.25) is 0 Å². The molecule has 2 atom stereocenters. The molecule has 1 fully saturated rings. The van der Waals surface area contributed by atoms with Gasteiger partial charge in [-0.3, -0.25) is 4.90 Å². The monoisotopic (exact) mass is 364 g/mol. The second-order valence-electron chi connectivity index (χ2n) is 6.76. The van der Waals surface area contributed by atoms with Crippen LogP contribution in [0.15, 0.2) is 54.6 Å². The number of ether oxygens (including phenoxy) is 1. The molecular weight excluding hydrogens is 341 g/mol. The van der Waals surface area contributed by atoms with Crippen molar-refractivity contribution >= 4 is 0 Å². The summed E-state index contributed by atoms with van der Waals surface area (Å²) in [6, 6.07) is 17.2. The number of nitrogens with zero attached hydrogens (tertiary/aromatic N) is 1. The molecule has 0 radical (unpaired) electrons. The van der Waals surface area contributed by atoms with Crippen molar-refractivity contribution < 1.29 is 17.9 Å². The molecule has 1 aliphatic rings. The van der Waals surface area contributed by atoms with Crippen LogP contribution >= 0.6 is 0 Å². The van der Waals surface area contributed by atoms with Crippen LogP contribution < -0.4 is 10.5 Å². The smallest absolute Gasteiger partial charge is 0.422 e. The SMILES string of the molecule is NC[C@@H]1CN(Cc2cccc(OCC(F)(F)F)c2)C[C@H]1c1ccccc1. The second-order valence-corrected chi connectivity index (χ2v) is 6.76. The van der Waals surface area contributed by atoms with Gasteiger partial charge in [0.1, 0.15) is 5.75 Å². The van der Waals surface area contributed by atoms with Crippen molar-refractivity contribution in [2.75, 3.05) is 26.2 Å². The molecule has 0 aliphatic carbocycles. The Morgan fingerprint density at radius 3 is 2.50 bits per heavy atom. The lowest BCUT2D eigenvalue weighted by atomic mass is 9.89. The Balaban J connectivity index is 1.64. The van der Waals surface area contributed by atoms with E-state index in [1.807, 2.05) is 24.3 Å². The molecule has 2 aromatic carbocycles. The number of halogens is 3. The zero-order valence-corrected chi connectivity index (χ0v) is 14.5. The van der Waals surface area contributed by atoms with Crippen LogP contribution in [0.1, 0.15) is 17.0 Å². The highest BCUT2D eigenvalue weighted by Crippen LogP contribution is 2.33. The second kappa shape index (κ2) is 8.10. The summed E-state index contributed by atoms with van der Waals surface area (Å²) in [5.74, 6) is 1.00. The Morgan fingerprint density at radius 2 is 1.81 bits per heavy atom. The van der Waals surface area contributed by atoms with Gasteiger partial charge < -0.3 is 10.5 Å². The summed E-state index contributed by atoms with van der Waals surface area (Å²) in [4.78, 5) is 2.30. The molecule has 1 heterocycles. The van der Waals surface area contributed by atoms with Crippen LogP contribution in [0.3, 0.4) is 0 Å². The average molecular weight is 364 g/mol. The topological polar surface area (TPSA) is 38.5 Å². The van der Waals surface area contributed by atoms with Gasteiger partial charge in [-0.1, -0.05) is 42.5 Å². The molecule has 0 bridgehead atoms. The normalized spacial score (nSPS) is 21.1. The number of likely N-dealkylation sites (tertiary alicyclic amines) is 1. The van der Waals surface area contributed by atoms with E-state index in [1.165, 1.54) is 5.56 Å². The minimum atomic E-state index is -4.33. The van der Waals surface area contributed by atoms with E-state index >= 15 is 0 Å². The van der Waals surface area contributed by atoms with Gasteiger partial charge in [0.25, 0.3) is 0 Å². The van der Waals surface area contributed by atoms with E-state index in [1.54, 1.807) is 18.2 Å². The van der Waals surface area contributed by atoms with Gasteiger partial charge >= 0.3 is 6.18 Å². The lowest BCUT2D eigenvalue weighted by molar-refractivity contribution is -0.153. The van der Waals surface area contributed by atoms with Gasteiger partial charge in [-0.25, -0.2) is 0 Å². The van der Waals surface area contributed by atoms with Crippen molar-refractivity contribution in [2.24, 2.45) is 11.7 Å². The number of benzene rings is 2. The fourth-order valence-electron chi connectivity index (χ4n) is 3.56. The molecule has 2 N–H and O–H groups in total. The van der Waals surface area contributed by atoms with Crippen molar-refractivity contribution in [3.8, 4) is 5.75 Å². The quantitative estimate of drug-likeness (QED) is 0.847. The fraction of sp³-hybridized carbons (Fsp3) is 0.400. The summed E-state index contributed by atoms with van der Waals surface area (Å²) in [6.45, 7) is 1.78. The Bertz CT molecular complexity index is 706. The van der Waals surface area contributed by atoms with Crippen LogP contribution in [0.5, 0.6) is 5.75 Å². The molecular formula is C20H23F3N2O. The number of alkyl halides is 3. The predicted molar refractivity (Wildman–Crippen MR) is 95.0 cm³/mol. The van der Waals surface area contributed by atoms with E-state index in [-0.39, 0.29) is 5.75 Å². The molecule has 140 valence electrons. The van der Waals surface area contributed by atoms with E-state index in [0.29, 0.717) is 24.9 Å². The highest BCUT2D eigenvalue weighted by molar-refractivity contribution is 5.29. The first kappa shape index (κ1) is 18.7. The summed E-state index contributed by atoms with van der Waals surface area (Å²) < 4.78 is 41.8. The van der Waals surface area contributed by atoms with Crippen molar-refractivity contribution in [1.82, 2.24) is 4.90 Å². The molecule has 0 unspecified atom stereocenters. The summed E-state index contributed by atoms with van der Waals surface area (Å²) in [7, 11) is 0. The third-order valence-electron chi connectivity index (χ3n) is 4.75. The molecule has 26 heavy (non-hydrogen) atoms. The molecule has 0 aromatic heterocycles. The first-order valence-electron chi connectivity index (χ1n) is 8.70. The van der Waals surface area contributed by atoms with Crippen molar-refractivity contribution in [3.05, 3.63) is 65.7 Å². The van der Waals surface area contributed by atoms with E-state index in [2.05, 4.69) is 17.0 Å². The van der Waals surface area contributed by atoms with Gasteiger partial charge in [-0.15, -0.1) is 0 Å². The zero-order chi connectivity index (χ0) is 18.6. The Kier molecular flexibility index (Phi) is 5.84. The number of hydrogen-bond donors (Lipinski definition) is 1. The molecule has 2 aromatic rings. The van der Waals surface area contributed by atoms with Crippen LogP contribution in [0.25, 0.3) is 0 Å². The van der Waals surface area contributed by atoms with E-state index in [9.17, 15) is 13.2 Å². The standard InChI is InChI=1S/C20H23F3N2O/c21-20(22,23)14-26-18-8-4-5-15(9-18)11-25-12-17(10-24)19(13-25)16-6-2-1-3-7-16/h1-9,17,19H,10-14,24H2/t17-,19+/m1/s1. The molecule has 0 spiro atoms. The zero-order valence-electron chi connectivity index (χ0n) is 14.5. The lowest BCUT2D eigenvalue weighted by Crippen LogP contribution is -2.23. The van der Waals surface area contributed by atoms with Gasteiger partial charge in [0, 0.05) is 25.6 Å². The maximum atomic E-state index is 12.3. The number of hydrogen-bond acceptors (Lipinski definition) is 3. The summed E-state index contributed by atoms with van der Waals surface area (Å²) in [5.41, 5.74) is 8.19. The summed E-state index contributed by atoms with van der Waals surface area (Å²) >= 11 is 0. The number of rotatable bonds is 6. The summed E-state index contributed by atoms with van der Waals surface area (Å²) in [5, 5.41) is 0. The Morgan fingerprint density at radius 1 is 1.04 bits per heavy atom. The van der Waals surface area contributed by atoms with Gasteiger partial charge in [0.05, 0.1) is 0 Å². The third-order valence-corrected chi connectivity index (χ3v) is 4.75. The van der Waals surface area contributed by atoms with Gasteiger partial charge in [-0.05, 0) is 35.7 Å². The summed E-state index contributed by atoms with van der Waals surface area (Å²) in [6.07, 6.45) is -4.33. The minimum Gasteiger partial charge on any atom is -0.484 e. The van der Waals surface area contributed by atoms with Crippen LogP contribution in [-0.4, -0.2) is 37.3 Å². The molecule has 1 aliphatic heterocycles. The Labute approximate surface area is 151 Å². The van der Waals surface area contributed by atoms with Crippen molar-refractivity contribution in [1.29, 1.82) is 0 Å². The molecule has 0 amide bonds. The third kappa shape index (κ3) is 4.99. The maximum absolute atomic E-state index is 12.3. The van der Waals surface area contributed by atoms with E-state index < -0.39 is 12.8 Å².